The van der Waals surface area contributed by atoms with Crippen LogP contribution in [0, 0.1) is 5.92 Å². The van der Waals surface area contributed by atoms with Crippen molar-refractivity contribution in [2.75, 3.05) is 26.7 Å². The molecule has 4 heteroatoms. The Morgan fingerprint density at radius 3 is 3.12 bits per heavy atom. The standard InChI is InChI=1S/C12H19ClN2S/c1-14-7-10-3-2-6-15(8-10)9-11-4-5-12(13)16-11/h4-5,10,14H,2-3,6-9H2,1H3. The maximum atomic E-state index is 5.95. The Labute approximate surface area is 107 Å². The fourth-order valence-corrected chi connectivity index (χ4v) is 3.54. The number of nitrogens with zero attached hydrogens (tertiary/aromatic N) is 1. The van der Waals surface area contributed by atoms with E-state index in [0.717, 1.165) is 23.3 Å². The van der Waals surface area contributed by atoms with Crippen LogP contribution in [0.2, 0.25) is 4.34 Å². The minimum absolute atomic E-state index is 0.814. The van der Waals surface area contributed by atoms with Crippen LogP contribution in [0.1, 0.15) is 17.7 Å². The number of hydrogen-bond acceptors (Lipinski definition) is 3. The van der Waals surface area contributed by atoms with E-state index in [1.807, 2.05) is 13.1 Å². The summed E-state index contributed by atoms with van der Waals surface area (Å²) < 4.78 is 0.902. The van der Waals surface area contributed by atoms with Gasteiger partial charge in [-0.05, 0) is 51.0 Å². The molecule has 16 heavy (non-hydrogen) atoms. The zero-order valence-electron chi connectivity index (χ0n) is 9.71. The van der Waals surface area contributed by atoms with Crippen LogP contribution in [0.4, 0.5) is 0 Å². The number of thiophene rings is 1. The van der Waals surface area contributed by atoms with Crippen molar-refractivity contribution in [2.24, 2.45) is 5.92 Å². The van der Waals surface area contributed by atoms with Crippen LogP contribution in [0.5, 0.6) is 0 Å². The monoisotopic (exact) mass is 258 g/mol. The molecule has 1 saturated heterocycles. The third-order valence-corrected chi connectivity index (χ3v) is 4.32. The molecule has 1 aromatic rings. The minimum atomic E-state index is 0.814. The highest BCUT2D eigenvalue weighted by molar-refractivity contribution is 7.16. The second-order valence-corrected chi connectivity index (χ2v) is 6.31. The van der Waals surface area contributed by atoms with Gasteiger partial charge in [-0.1, -0.05) is 11.6 Å². The molecule has 1 fully saturated rings. The molecule has 0 aromatic carbocycles. The van der Waals surface area contributed by atoms with Crippen molar-refractivity contribution in [3.05, 3.63) is 21.3 Å². The van der Waals surface area contributed by atoms with Gasteiger partial charge in [0, 0.05) is 18.0 Å². The molecule has 1 aromatic heterocycles. The molecule has 1 atom stereocenters. The van der Waals surface area contributed by atoms with E-state index >= 15 is 0 Å². The molecule has 1 aliphatic heterocycles. The lowest BCUT2D eigenvalue weighted by Gasteiger charge is -2.32. The normalized spacial score (nSPS) is 22.5. The van der Waals surface area contributed by atoms with Gasteiger partial charge in [0.1, 0.15) is 0 Å². The van der Waals surface area contributed by atoms with Crippen LogP contribution >= 0.6 is 22.9 Å². The van der Waals surface area contributed by atoms with Crippen LogP contribution in [-0.4, -0.2) is 31.6 Å². The predicted molar refractivity (Wildman–Crippen MR) is 71.3 cm³/mol. The number of hydrogen-bond donors (Lipinski definition) is 1. The average Bonchev–Trinajstić information content (AvgIpc) is 2.65. The molecular formula is C12H19ClN2S. The van der Waals surface area contributed by atoms with Crippen molar-refractivity contribution >= 4 is 22.9 Å². The van der Waals surface area contributed by atoms with E-state index in [9.17, 15) is 0 Å². The van der Waals surface area contributed by atoms with E-state index in [4.69, 9.17) is 11.6 Å². The topological polar surface area (TPSA) is 15.3 Å². The Balaban J connectivity index is 1.85. The van der Waals surface area contributed by atoms with Crippen LogP contribution in [0.3, 0.4) is 0 Å². The molecule has 0 aliphatic carbocycles. The maximum Gasteiger partial charge on any atom is 0.0931 e. The summed E-state index contributed by atoms with van der Waals surface area (Å²) in [4.78, 5) is 3.93. The quantitative estimate of drug-likeness (QED) is 0.894. The van der Waals surface area contributed by atoms with E-state index in [0.29, 0.717) is 0 Å². The lowest BCUT2D eigenvalue weighted by molar-refractivity contribution is 0.168. The van der Waals surface area contributed by atoms with Gasteiger partial charge < -0.3 is 5.32 Å². The van der Waals surface area contributed by atoms with Gasteiger partial charge in [-0.3, -0.25) is 4.90 Å². The summed E-state index contributed by atoms with van der Waals surface area (Å²) in [6.45, 7) is 4.66. The molecule has 90 valence electrons. The largest absolute Gasteiger partial charge is 0.319 e. The highest BCUT2D eigenvalue weighted by atomic mass is 35.5. The molecule has 2 nitrogen and oxygen atoms in total. The summed E-state index contributed by atoms with van der Waals surface area (Å²) in [6, 6.07) is 4.14. The minimum Gasteiger partial charge on any atom is -0.319 e. The third kappa shape index (κ3) is 3.45. The first kappa shape index (κ1) is 12.4. The van der Waals surface area contributed by atoms with E-state index in [2.05, 4.69) is 16.3 Å². The smallest absolute Gasteiger partial charge is 0.0931 e. The summed E-state index contributed by atoms with van der Waals surface area (Å²) >= 11 is 7.65. The molecule has 0 spiro atoms. The highest BCUT2D eigenvalue weighted by Crippen LogP contribution is 2.24. The highest BCUT2D eigenvalue weighted by Gasteiger charge is 2.19. The van der Waals surface area contributed by atoms with Gasteiger partial charge >= 0.3 is 0 Å². The molecule has 0 amide bonds. The predicted octanol–water partition coefficient (Wildman–Crippen LogP) is 2.83. The summed E-state index contributed by atoms with van der Waals surface area (Å²) in [5.41, 5.74) is 0. The van der Waals surface area contributed by atoms with Gasteiger partial charge in [-0.25, -0.2) is 0 Å². The SMILES string of the molecule is CNCC1CCCN(Cc2ccc(Cl)s2)C1. The van der Waals surface area contributed by atoms with Gasteiger partial charge in [-0.15, -0.1) is 11.3 Å². The first-order valence-electron chi connectivity index (χ1n) is 5.89. The van der Waals surface area contributed by atoms with Crippen molar-refractivity contribution in [3.8, 4) is 0 Å². The van der Waals surface area contributed by atoms with Crippen LogP contribution in [-0.2, 0) is 6.54 Å². The van der Waals surface area contributed by atoms with E-state index in [1.165, 1.54) is 30.8 Å². The van der Waals surface area contributed by atoms with Crippen molar-refractivity contribution in [1.82, 2.24) is 10.2 Å². The van der Waals surface area contributed by atoms with Crippen molar-refractivity contribution in [2.45, 2.75) is 19.4 Å². The zero-order chi connectivity index (χ0) is 11.4. The lowest BCUT2D eigenvalue weighted by Crippen LogP contribution is -2.38. The Bertz CT molecular complexity index is 325. The second-order valence-electron chi connectivity index (χ2n) is 4.51. The van der Waals surface area contributed by atoms with Gasteiger partial charge in [0.05, 0.1) is 4.34 Å². The van der Waals surface area contributed by atoms with Gasteiger partial charge in [0.15, 0.2) is 0 Å². The number of rotatable bonds is 4. The third-order valence-electron chi connectivity index (χ3n) is 3.10. The fourth-order valence-electron chi connectivity index (χ4n) is 2.41. The van der Waals surface area contributed by atoms with E-state index in [1.54, 1.807) is 11.3 Å². The Hall–Kier alpha value is -0.0900. The van der Waals surface area contributed by atoms with E-state index < -0.39 is 0 Å². The molecule has 2 rings (SSSR count). The van der Waals surface area contributed by atoms with Crippen molar-refractivity contribution in [1.29, 1.82) is 0 Å². The van der Waals surface area contributed by atoms with Crippen molar-refractivity contribution < 1.29 is 0 Å². The first-order valence-corrected chi connectivity index (χ1v) is 7.08. The Morgan fingerprint density at radius 2 is 2.44 bits per heavy atom. The number of piperidine rings is 1. The molecule has 0 radical (unpaired) electrons. The zero-order valence-corrected chi connectivity index (χ0v) is 11.3. The molecule has 2 heterocycles. The van der Waals surface area contributed by atoms with Gasteiger partial charge in [0.2, 0.25) is 0 Å². The summed E-state index contributed by atoms with van der Waals surface area (Å²) in [5, 5.41) is 3.28. The number of halogens is 1. The van der Waals surface area contributed by atoms with Crippen LogP contribution in [0.25, 0.3) is 0 Å². The molecule has 1 N–H and O–H groups in total. The summed E-state index contributed by atoms with van der Waals surface area (Å²) in [6.07, 6.45) is 2.69. The first-order chi connectivity index (χ1) is 7.78. The molecule has 1 unspecified atom stereocenters. The summed E-state index contributed by atoms with van der Waals surface area (Å²) in [5.74, 6) is 0.814. The lowest BCUT2D eigenvalue weighted by atomic mass is 9.98. The number of likely N-dealkylation sites (tertiary alicyclic amines) is 1. The number of nitrogens with one attached hydrogen (secondary N) is 1. The average molecular weight is 259 g/mol. The summed E-state index contributed by atoms with van der Waals surface area (Å²) in [7, 11) is 2.04. The Kier molecular flexibility index (Phi) is 4.65. The molecule has 1 aliphatic rings. The van der Waals surface area contributed by atoms with Gasteiger partial charge in [0.25, 0.3) is 0 Å². The molecular weight excluding hydrogens is 240 g/mol. The van der Waals surface area contributed by atoms with Crippen molar-refractivity contribution in [3.63, 3.8) is 0 Å². The fraction of sp³-hybridized carbons (Fsp3) is 0.667. The molecule has 0 bridgehead atoms. The van der Waals surface area contributed by atoms with Crippen LogP contribution in [0.15, 0.2) is 12.1 Å². The van der Waals surface area contributed by atoms with Gasteiger partial charge in [-0.2, -0.15) is 0 Å². The second kappa shape index (κ2) is 6.01. The van der Waals surface area contributed by atoms with Crippen LogP contribution < -0.4 is 5.32 Å². The Morgan fingerprint density at radius 1 is 1.56 bits per heavy atom. The molecule has 0 saturated carbocycles. The van der Waals surface area contributed by atoms with E-state index in [-0.39, 0.29) is 0 Å². The maximum absolute atomic E-state index is 5.95.